The first-order valence-corrected chi connectivity index (χ1v) is 5.73. The van der Waals surface area contributed by atoms with Gasteiger partial charge in [0.15, 0.2) is 0 Å². The molecule has 0 spiro atoms. The van der Waals surface area contributed by atoms with E-state index in [2.05, 4.69) is 10.5 Å². The summed E-state index contributed by atoms with van der Waals surface area (Å²) in [6.45, 7) is 2.75. The van der Waals surface area contributed by atoms with Crippen molar-refractivity contribution in [3.63, 3.8) is 0 Å². The highest BCUT2D eigenvalue weighted by Gasteiger charge is 2.14. The maximum Gasteiger partial charge on any atom is 0.133 e. The highest BCUT2D eigenvalue weighted by Crippen LogP contribution is 2.17. The van der Waals surface area contributed by atoms with Crippen molar-refractivity contribution in [2.24, 2.45) is 0 Å². The van der Waals surface area contributed by atoms with Crippen molar-refractivity contribution in [2.45, 2.75) is 25.9 Å². The molecule has 1 atom stereocenters. The molecule has 1 N–H and O–H groups in total. The molecule has 1 unspecified atom stereocenters. The summed E-state index contributed by atoms with van der Waals surface area (Å²) in [5, 5.41) is 7.40. The molecule has 0 saturated carbocycles. The van der Waals surface area contributed by atoms with Crippen LogP contribution in [0.5, 0.6) is 0 Å². The topological polar surface area (TPSA) is 38.1 Å². The van der Waals surface area contributed by atoms with E-state index in [1.165, 1.54) is 17.9 Å². The maximum atomic E-state index is 4.98. The van der Waals surface area contributed by atoms with Crippen molar-refractivity contribution < 1.29 is 4.52 Å². The van der Waals surface area contributed by atoms with Crippen molar-refractivity contribution in [2.75, 3.05) is 11.5 Å². The Labute approximate surface area is 82.3 Å². The average Bonchev–Trinajstić information content (AvgIpc) is 2.71. The molecule has 1 fully saturated rings. The van der Waals surface area contributed by atoms with Gasteiger partial charge in [-0.15, -0.1) is 0 Å². The molecule has 0 amide bonds. The molecule has 0 aromatic carbocycles. The van der Waals surface area contributed by atoms with E-state index in [-0.39, 0.29) is 0 Å². The summed E-state index contributed by atoms with van der Waals surface area (Å²) in [7, 11) is 0. The summed E-state index contributed by atoms with van der Waals surface area (Å²) in [5.41, 5.74) is 1.01. The molecule has 2 heterocycles. The molecule has 0 bridgehead atoms. The third kappa shape index (κ3) is 2.48. The van der Waals surface area contributed by atoms with Crippen molar-refractivity contribution >= 4 is 11.8 Å². The molecule has 2 rings (SSSR count). The predicted octanol–water partition coefficient (Wildman–Crippen LogP) is 1.58. The Morgan fingerprint density at radius 3 is 3.31 bits per heavy atom. The Bertz CT molecular complexity index is 268. The summed E-state index contributed by atoms with van der Waals surface area (Å²) in [6.07, 6.45) is 1.28. The first-order chi connectivity index (χ1) is 6.34. The van der Waals surface area contributed by atoms with Gasteiger partial charge in [0.25, 0.3) is 0 Å². The van der Waals surface area contributed by atoms with Crippen LogP contribution in [0.3, 0.4) is 0 Å². The molecule has 1 aliphatic heterocycles. The van der Waals surface area contributed by atoms with Gasteiger partial charge in [0.05, 0.1) is 5.69 Å². The molecule has 72 valence electrons. The molecule has 1 saturated heterocycles. The van der Waals surface area contributed by atoms with Gasteiger partial charge in [0, 0.05) is 24.4 Å². The van der Waals surface area contributed by atoms with Crippen LogP contribution in [0.4, 0.5) is 0 Å². The van der Waals surface area contributed by atoms with Crippen LogP contribution in [0.1, 0.15) is 17.9 Å². The Morgan fingerprint density at radius 1 is 1.77 bits per heavy atom. The highest BCUT2D eigenvalue weighted by atomic mass is 32.2. The van der Waals surface area contributed by atoms with E-state index in [1.54, 1.807) is 0 Å². The summed E-state index contributed by atoms with van der Waals surface area (Å²) in [5.74, 6) is 3.41. The summed E-state index contributed by atoms with van der Waals surface area (Å²) in [6, 6.07) is 2.65. The molecule has 3 nitrogen and oxygen atoms in total. The van der Waals surface area contributed by atoms with E-state index >= 15 is 0 Å². The highest BCUT2D eigenvalue weighted by molar-refractivity contribution is 7.99. The zero-order valence-electron chi connectivity index (χ0n) is 7.75. The summed E-state index contributed by atoms with van der Waals surface area (Å²) in [4.78, 5) is 0. The number of hydrogen-bond donors (Lipinski definition) is 1. The molecular formula is C9H14N2OS. The van der Waals surface area contributed by atoms with Gasteiger partial charge in [-0.3, -0.25) is 0 Å². The Hall–Kier alpha value is -0.480. The third-order valence-corrected chi connectivity index (χ3v) is 3.34. The average molecular weight is 198 g/mol. The minimum absolute atomic E-state index is 0.669. The SMILES string of the molecule is Cc1cc(CNC2CCSC2)no1. The molecule has 1 aromatic heterocycles. The first-order valence-electron chi connectivity index (χ1n) is 4.58. The van der Waals surface area contributed by atoms with Crippen molar-refractivity contribution in [3.8, 4) is 0 Å². The number of aryl methyl sites for hydroxylation is 1. The van der Waals surface area contributed by atoms with E-state index in [0.29, 0.717) is 6.04 Å². The van der Waals surface area contributed by atoms with Crippen LogP contribution in [0.15, 0.2) is 10.6 Å². The molecule has 1 aliphatic rings. The predicted molar refractivity (Wildman–Crippen MR) is 53.8 cm³/mol. The molecule has 13 heavy (non-hydrogen) atoms. The van der Waals surface area contributed by atoms with Crippen molar-refractivity contribution in [1.29, 1.82) is 0 Å². The van der Waals surface area contributed by atoms with Gasteiger partial charge in [0.1, 0.15) is 5.76 Å². The lowest BCUT2D eigenvalue weighted by atomic mass is 10.2. The smallest absolute Gasteiger partial charge is 0.133 e. The van der Waals surface area contributed by atoms with Gasteiger partial charge in [-0.1, -0.05) is 5.16 Å². The summed E-state index contributed by atoms with van der Waals surface area (Å²) < 4.78 is 4.98. The second-order valence-electron chi connectivity index (χ2n) is 3.37. The lowest BCUT2D eigenvalue weighted by Gasteiger charge is -2.08. The van der Waals surface area contributed by atoms with Crippen molar-refractivity contribution in [3.05, 3.63) is 17.5 Å². The molecule has 4 heteroatoms. The number of nitrogens with one attached hydrogen (secondary N) is 1. The van der Waals surface area contributed by atoms with Gasteiger partial charge in [-0.2, -0.15) is 11.8 Å². The van der Waals surface area contributed by atoms with Gasteiger partial charge >= 0.3 is 0 Å². The zero-order chi connectivity index (χ0) is 9.10. The Kier molecular flexibility index (Phi) is 2.90. The second-order valence-corrected chi connectivity index (χ2v) is 4.52. The fraction of sp³-hybridized carbons (Fsp3) is 0.667. The van der Waals surface area contributed by atoms with Gasteiger partial charge in [-0.05, 0) is 19.1 Å². The van der Waals surface area contributed by atoms with E-state index in [0.717, 1.165) is 18.0 Å². The molecular weight excluding hydrogens is 184 g/mol. The fourth-order valence-electron chi connectivity index (χ4n) is 1.45. The fourth-order valence-corrected chi connectivity index (χ4v) is 2.63. The number of hydrogen-bond acceptors (Lipinski definition) is 4. The standard InChI is InChI=1S/C9H14N2OS/c1-7-4-9(11-12-7)5-10-8-2-3-13-6-8/h4,8,10H,2-3,5-6H2,1H3. The quantitative estimate of drug-likeness (QED) is 0.800. The van der Waals surface area contributed by atoms with E-state index in [4.69, 9.17) is 4.52 Å². The monoisotopic (exact) mass is 198 g/mol. The van der Waals surface area contributed by atoms with E-state index in [1.807, 2.05) is 24.8 Å². The Morgan fingerprint density at radius 2 is 2.69 bits per heavy atom. The maximum absolute atomic E-state index is 4.98. The van der Waals surface area contributed by atoms with Crippen LogP contribution < -0.4 is 5.32 Å². The molecule has 1 aromatic rings. The van der Waals surface area contributed by atoms with Gasteiger partial charge in [0.2, 0.25) is 0 Å². The van der Waals surface area contributed by atoms with E-state index < -0.39 is 0 Å². The van der Waals surface area contributed by atoms with Crippen LogP contribution in [0.25, 0.3) is 0 Å². The van der Waals surface area contributed by atoms with Crippen LogP contribution in [-0.4, -0.2) is 22.7 Å². The first kappa shape index (κ1) is 9.09. The number of rotatable bonds is 3. The van der Waals surface area contributed by atoms with Crippen LogP contribution in [-0.2, 0) is 6.54 Å². The molecule has 0 aliphatic carbocycles. The van der Waals surface area contributed by atoms with Gasteiger partial charge < -0.3 is 9.84 Å². The molecule has 0 radical (unpaired) electrons. The minimum atomic E-state index is 0.669. The largest absolute Gasteiger partial charge is 0.361 e. The number of thioether (sulfide) groups is 1. The van der Waals surface area contributed by atoms with Crippen LogP contribution >= 0.6 is 11.8 Å². The van der Waals surface area contributed by atoms with E-state index in [9.17, 15) is 0 Å². The second kappa shape index (κ2) is 4.15. The van der Waals surface area contributed by atoms with Crippen LogP contribution in [0, 0.1) is 6.92 Å². The lowest BCUT2D eigenvalue weighted by molar-refractivity contribution is 0.386. The van der Waals surface area contributed by atoms with Crippen molar-refractivity contribution in [1.82, 2.24) is 10.5 Å². The minimum Gasteiger partial charge on any atom is -0.361 e. The lowest BCUT2D eigenvalue weighted by Crippen LogP contribution is -2.28. The van der Waals surface area contributed by atoms with Crippen LogP contribution in [0.2, 0.25) is 0 Å². The normalized spacial score (nSPS) is 22.4. The van der Waals surface area contributed by atoms with Gasteiger partial charge in [-0.25, -0.2) is 0 Å². The zero-order valence-corrected chi connectivity index (χ0v) is 8.56. The number of aromatic nitrogens is 1. The summed E-state index contributed by atoms with van der Waals surface area (Å²) >= 11 is 2.02. The third-order valence-electron chi connectivity index (χ3n) is 2.18. The number of nitrogens with zero attached hydrogens (tertiary/aromatic N) is 1. The Balaban J connectivity index is 1.78.